The fourth-order valence-electron chi connectivity index (χ4n) is 2.90. The van der Waals surface area contributed by atoms with Crippen molar-refractivity contribution in [3.05, 3.63) is 50.9 Å². The zero-order valence-corrected chi connectivity index (χ0v) is 15.7. The highest BCUT2D eigenvalue weighted by Gasteiger charge is 2.29. The van der Waals surface area contributed by atoms with Gasteiger partial charge in [0.15, 0.2) is 0 Å². The van der Waals surface area contributed by atoms with E-state index in [4.69, 9.17) is 27.9 Å². The van der Waals surface area contributed by atoms with E-state index >= 15 is 0 Å². The number of hydrogen-bond acceptors (Lipinski definition) is 5. The molecule has 0 saturated carbocycles. The Kier molecular flexibility index (Phi) is 4.40. The van der Waals surface area contributed by atoms with Crippen LogP contribution < -0.4 is 5.56 Å². The molecule has 10 heteroatoms. The molecule has 3 heterocycles. The molecule has 1 fully saturated rings. The van der Waals surface area contributed by atoms with Crippen molar-refractivity contribution < 1.29 is 13.2 Å². The molecule has 0 N–H and O–H groups in total. The first kappa shape index (κ1) is 17.7. The number of aromatic nitrogens is 2. The van der Waals surface area contributed by atoms with Crippen molar-refractivity contribution in [2.45, 2.75) is 4.90 Å². The summed E-state index contributed by atoms with van der Waals surface area (Å²) >= 11 is 12.2. The molecule has 26 heavy (non-hydrogen) atoms. The van der Waals surface area contributed by atoms with Crippen LogP contribution in [0.15, 0.2) is 40.2 Å². The molecule has 136 valence electrons. The van der Waals surface area contributed by atoms with Crippen LogP contribution in [0.5, 0.6) is 0 Å². The minimum Gasteiger partial charge on any atom is -0.379 e. The summed E-state index contributed by atoms with van der Waals surface area (Å²) in [6.45, 7) is 1.11. The van der Waals surface area contributed by atoms with Crippen LogP contribution in [-0.4, -0.2) is 48.4 Å². The van der Waals surface area contributed by atoms with Gasteiger partial charge in [0.1, 0.15) is 10.5 Å². The number of fused-ring (bicyclic) bond motifs is 2. The second-order valence-corrected chi connectivity index (χ2v) is 8.56. The normalized spacial score (nSPS) is 16.4. The van der Waals surface area contributed by atoms with Crippen molar-refractivity contribution in [3.8, 4) is 0 Å². The van der Waals surface area contributed by atoms with Crippen molar-refractivity contribution in [2.24, 2.45) is 0 Å². The molecule has 1 aliphatic rings. The number of nitrogens with zero attached hydrogens (tertiary/aromatic N) is 3. The molecule has 7 nitrogen and oxygen atoms in total. The molecule has 1 aromatic carbocycles. The van der Waals surface area contributed by atoms with Gasteiger partial charge in [-0.1, -0.05) is 23.2 Å². The van der Waals surface area contributed by atoms with Gasteiger partial charge in [0.2, 0.25) is 10.0 Å². The molecule has 1 saturated heterocycles. The highest BCUT2D eigenvalue weighted by molar-refractivity contribution is 7.89. The summed E-state index contributed by atoms with van der Waals surface area (Å²) in [5.74, 6) is 0. The Labute approximate surface area is 158 Å². The summed E-state index contributed by atoms with van der Waals surface area (Å²) in [5, 5.41) is 0.547. The van der Waals surface area contributed by atoms with Crippen LogP contribution in [0.4, 0.5) is 0 Å². The molecule has 4 rings (SSSR count). The van der Waals surface area contributed by atoms with Gasteiger partial charge >= 0.3 is 0 Å². The summed E-state index contributed by atoms with van der Waals surface area (Å²) in [6, 6.07) is 5.91. The summed E-state index contributed by atoms with van der Waals surface area (Å²) < 4.78 is 33.6. The Morgan fingerprint density at radius 2 is 1.85 bits per heavy atom. The van der Waals surface area contributed by atoms with Gasteiger partial charge in [0.25, 0.3) is 5.56 Å². The third-order valence-corrected chi connectivity index (χ3v) is 6.80. The van der Waals surface area contributed by atoms with Gasteiger partial charge in [0.05, 0.1) is 34.2 Å². The van der Waals surface area contributed by atoms with Crippen LogP contribution >= 0.6 is 23.2 Å². The van der Waals surface area contributed by atoms with Crippen LogP contribution in [0, 0.1) is 0 Å². The van der Waals surface area contributed by atoms with E-state index in [1.807, 2.05) is 0 Å². The number of halogens is 2. The number of pyridine rings is 1. The molecule has 0 radical (unpaired) electrons. The Hall–Kier alpha value is -1.71. The first-order valence-corrected chi connectivity index (χ1v) is 9.96. The lowest BCUT2D eigenvalue weighted by Crippen LogP contribution is -2.40. The second kappa shape index (κ2) is 6.47. The van der Waals surface area contributed by atoms with Crippen LogP contribution in [0.25, 0.3) is 16.6 Å². The average molecular weight is 414 g/mol. The van der Waals surface area contributed by atoms with E-state index in [1.54, 1.807) is 12.1 Å². The molecule has 2 aromatic heterocycles. The van der Waals surface area contributed by atoms with Crippen molar-refractivity contribution in [1.29, 1.82) is 0 Å². The standard InChI is InChI=1S/C16H13Cl2N3O4S/c17-10-1-2-15-19-13-8-12(18)14(7-11(13)16(22)21(15)9-10)26(23,24)20-3-5-25-6-4-20/h1-2,7-9H,3-6H2. The molecular formula is C16H13Cl2N3O4S. The van der Waals surface area contributed by atoms with E-state index in [0.717, 1.165) is 0 Å². The van der Waals surface area contributed by atoms with Crippen molar-refractivity contribution in [2.75, 3.05) is 26.3 Å². The molecule has 1 aliphatic heterocycles. The van der Waals surface area contributed by atoms with E-state index in [2.05, 4.69) is 4.98 Å². The fourth-order valence-corrected chi connectivity index (χ4v) is 5.00. The van der Waals surface area contributed by atoms with Crippen molar-refractivity contribution >= 4 is 49.8 Å². The largest absolute Gasteiger partial charge is 0.379 e. The number of hydrogen-bond donors (Lipinski definition) is 0. The zero-order chi connectivity index (χ0) is 18.5. The summed E-state index contributed by atoms with van der Waals surface area (Å²) in [4.78, 5) is 17.1. The molecule has 0 atom stereocenters. The highest BCUT2D eigenvalue weighted by atomic mass is 35.5. The SMILES string of the molecule is O=c1c2cc(S(=O)(=O)N3CCOCC3)c(Cl)cc2nc2ccc(Cl)cn12. The minimum atomic E-state index is -3.84. The van der Waals surface area contributed by atoms with Gasteiger partial charge in [-0.25, -0.2) is 13.4 Å². The number of benzene rings is 1. The number of sulfonamides is 1. The van der Waals surface area contributed by atoms with Crippen LogP contribution in [0.2, 0.25) is 10.0 Å². The second-order valence-electron chi connectivity index (χ2n) is 5.81. The molecule has 0 spiro atoms. The van der Waals surface area contributed by atoms with E-state index in [0.29, 0.717) is 29.4 Å². The molecule has 0 aliphatic carbocycles. The van der Waals surface area contributed by atoms with Crippen molar-refractivity contribution in [1.82, 2.24) is 13.7 Å². The van der Waals surface area contributed by atoms with Gasteiger partial charge in [0, 0.05) is 19.3 Å². The number of rotatable bonds is 2. The first-order chi connectivity index (χ1) is 12.4. The predicted molar refractivity (Wildman–Crippen MR) is 98.6 cm³/mol. The molecule has 0 bridgehead atoms. The molecular weight excluding hydrogens is 401 g/mol. The Morgan fingerprint density at radius 3 is 2.58 bits per heavy atom. The predicted octanol–water partition coefficient (Wildman–Crippen LogP) is 2.18. The van der Waals surface area contributed by atoms with Gasteiger partial charge in [-0.05, 0) is 24.3 Å². The Balaban J connectivity index is 1.97. The Bertz CT molecular complexity index is 1190. The molecule has 3 aromatic rings. The lowest BCUT2D eigenvalue weighted by atomic mass is 10.2. The first-order valence-electron chi connectivity index (χ1n) is 7.77. The van der Waals surface area contributed by atoms with Crippen molar-refractivity contribution in [3.63, 3.8) is 0 Å². The van der Waals surface area contributed by atoms with E-state index in [-0.39, 0.29) is 28.4 Å². The van der Waals surface area contributed by atoms with Gasteiger partial charge in [-0.3, -0.25) is 9.20 Å². The third kappa shape index (κ3) is 2.87. The molecule has 0 amide bonds. The van der Waals surface area contributed by atoms with Crippen LogP contribution in [0.1, 0.15) is 0 Å². The van der Waals surface area contributed by atoms with E-state index < -0.39 is 15.6 Å². The average Bonchev–Trinajstić information content (AvgIpc) is 2.63. The summed E-state index contributed by atoms with van der Waals surface area (Å²) in [7, 11) is -3.84. The van der Waals surface area contributed by atoms with Crippen LogP contribution in [-0.2, 0) is 14.8 Å². The maximum Gasteiger partial charge on any atom is 0.265 e. The maximum absolute atomic E-state index is 12.9. The summed E-state index contributed by atoms with van der Waals surface area (Å²) in [6.07, 6.45) is 1.44. The maximum atomic E-state index is 12.9. The summed E-state index contributed by atoms with van der Waals surface area (Å²) in [5.41, 5.74) is 0.303. The number of ether oxygens (including phenoxy) is 1. The highest BCUT2D eigenvalue weighted by Crippen LogP contribution is 2.28. The molecule has 0 unspecified atom stereocenters. The Morgan fingerprint density at radius 1 is 1.12 bits per heavy atom. The van der Waals surface area contributed by atoms with Gasteiger partial charge < -0.3 is 4.74 Å². The lowest BCUT2D eigenvalue weighted by molar-refractivity contribution is 0.0730. The fraction of sp³-hybridized carbons (Fsp3) is 0.250. The van der Waals surface area contributed by atoms with Crippen LogP contribution in [0.3, 0.4) is 0 Å². The lowest BCUT2D eigenvalue weighted by Gasteiger charge is -2.26. The van der Waals surface area contributed by atoms with E-state index in [9.17, 15) is 13.2 Å². The van der Waals surface area contributed by atoms with Gasteiger partial charge in [-0.2, -0.15) is 4.31 Å². The monoisotopic (exact) mass is 413 g/mol. The topological polar surface area (TPSA) is 81.0 Å². The smallest absolute Gasteiger partial charge is 0.265 e. The van der Waals surface area contributed by atoms with E-state index in [1.165, 1.54) is 27.0 Å². The quantitative estimate of drug-likeness (QED) is 0.601. The zero-order valence-electron chi connectivity index (χ0n) is 13.4. The van der Waals surface area contributed by atoms with Gasteiger partial charge in [-0.15, -0.1) is 0 Å². The minimum absolute atomic E-state index is 0.0224. The third-order valence-electron chi connectivity index (χ3n) is 4.21. The number of morpholine rings is 1.